The van der Waals surface area contributed by atoms with Gasteiger partial charge in [0, 0.05) is 38.3 Å². The van der Waals surface area contributed by atoms with Crippen LogP contribution < -0.4 is 11.0 Å². The number of aromatic nitrogens is 2. The molecule has 2 fully saturated rings. The number of carbonyl (C=O) groups excluding carboxylic acids is 1. The van der Waals surface area contributed by atoms with Crippen LogP contribution in [0.4, 0.5) is 0 Å². The molecule has 190 valence electrons. The molecule has 1 amide bonds. The van der Waals surface area contributed by atoms with Crippen LogP contribution in [0.3, 0.4) is 0 Å². The molecular weight excluding hydrogens is 448 g/mol. The minimum atomic E-state index is -0.0959. The van der Waals surface area contributed by atoms with E-state index < -0.39 is 0 Å². The summed E-state index contributed by atoms with van der Waals surface area (Å²) in [7, 11) is 0. The van der Waals surface area contributed by atoms with E-state index in [-0.39, 0.29) is 11.6 Å². The number of rotatable bonds is 7. The first-order valence-electron chi connectivity index (χ1n) is 13.7. The van der Waals surface area contributed by atoms with Crippen LogP contribution in [0.15, 0.2) is 59.4 Å². The van der Waals surface area contributed by atoms with E-state index in [9.17, 15) is 9.59 Å². The normalized spacial score (nSPS) is 16.9. The topological polar surface area (TPSA) is 59.3 Å². The minimum absolute atomic E-state index is 0.0324. The summed E-state index contributed by atoms with van der Waals surface area (Å²) < 4.78 is 3.66. The number of nitrogens with zero attached hydrogens (tertiary/aromatic N) is 3. The highest BCUT2D eigenvalue weighted by molar-refractivity contribution is 5.99. The average Bonchev–Trinajstić information content (AvgIpc) is 3.22. The van der Waals surface area contributed by atoms with Gasteiger partial charge in [-0.25, -0.2) is 4.79 Å². The summed E-state index contributed by atoms with van der Waals surface area (Å²) in [6.07, 6.45) is 7.77. The molecule has 1 saturated heterocycles. The highest BCUT2D eigenvalue weighted by Gasteiger charge is 2.32. The quantitative estimate of drug-likeness (QED) is 0.518. The minimum Gasteiger partial charge on any atom is -0.335 e. The van der Waals surface area contributed by atoms with Crippen molar-refractivity contribution in [1.82, 2.24) is 19.4 Å². The molecule has 6 nitrogen and oxygen atoms in total. The first kappa shape index (κ1) is 24.6. The molecule has 1 N–H and O–H groups in total. The van der Waals surface area contributed by atoms with Crippen LogP contribution in [-0.2, 0) is 13.0 Å². The highest BCUT2D eigenvalue weighted by atomic mass is 16.2. The molecule has 6 heteroatoms. The zero-order chi connectivity index (χ0) is 24.9. The van der Waals surface area contributed by atoms with Crippen LogP contribution >= 0.6 is 0 Å². The first-order chi connectivity index (χ1) is 17.7. The summed E-state index contributed by atoms with van der Waals surface area (Å²) in [4.78, 5) is 30.4. The van der Waals surface area contributed by atoms with Gasteiger partial charge in [0.15, 0.2) is 0 Å². The van der Waals surface area contributed by atoms with Gasteiger partial charge >= 0.3 is 5.69 Å². The second-order valence-electron chi connectivity index (χ2n) is 10.2. The van der Waals surface area contributed by atoms with Crippen LogP contribution in [-0.4, -0.2) is 46.1 Å². The zero-order valence-electron chi connectivity index (χ0n) is 21.4. The fourth-order valence-electron chi connectivity index (χ4n) is 5.87. The van der Waals surface area contributed by atoms with Gasteiger partial charge in [0.2, 0.25) is 0 Å². The van der Waals surface area contributed by atoms with E-state index >= 15 is 0 Å². The number of benzene rings is 2. The van der Waals surface area contributed by atoms with E-state index in [0.717, 1.165) is 61.3 Å². The third-order valence-corrected chi connectivity index (χ3v) is 7.71. The summed E-state index contributed by atoms with van der Waals surface area (Å²) in [6, 6.07) is 18.2. The van der Waals surface area contributed by atoms with Crippen molar-refractivity contribution >= 4 is 5.91 Å². The number of piperazine rings is 1. The van der Waals surface area contributed by atoms with Crippen molar-refractivity contribution in [3.05, 3.63) is 76.3 Å². The second kappa shape index (κ2) is 11.3. The maximum atomic E-state index is 14.3. The summed E-state index contributed by atoms with van der Waals surface area (Å²) in [5.74, 6) is 0.395. The molecule has 3 aromatic rings. The number of carbonyl (C=O) groups is 1. The Kier molecular flexibility index (Phi) is 7.71. The van der Waals surface area contributed by atoms with Crippen molar-refractivity contribution < 1.29 is 4.79 Å². The largest absolute Gasteiger partial charge is 0.335 e. The Labute approximate surface area is 213 Å². The summed E-state index contributed by atoms with van der Waals surface area (Å²) >= 11 is 0. The molecule has 1 saturated carbocycles. The molecule has 1 aromatic heterocycles. The number of hydrogen-bond acceptors (Lipinski definition) is 3. The van der Waals surface area contributed by atoms with Gasteiger partial charge < -0.3 is 10.2 Å². The van der Waals surface area contributed by atoms with Crippen LogP contribution in [0.25, 0.3) is 16.9 Å². The van der Waals surface area contributed by atoms with E-state index in [1.807, 2.05) is 62.6 Å². The average molecular weight is 487 g/mol. The summed E-state index contributed by atoms with van der Waals surface area (Å²) in [6.45, 7) is 5.63. The van der Waals surface area contributed by atoms with Crippen molar-refractivity contribution in [1.29, 1.82) is 0 Å². The molecule has 0 unspecified atom stereocenters. The lowest BCUT2D eigenvalue weighted by molar-refractivity contribution is 0.0723. The lowest BCUT2D eigenvalue weighted by Crippen LogP contribution is -2.47. The molecule has 2 heterocycles. The van der Waals surface area contributed by atoms with Gasteiger partial charge in [-0.15, -0.1) is 0 Å². The third kappa shape index (κ3) is 4.92. The fourth-order valence-corrected chi connectivity index (χ4v) is 5.87. The molecule has 0 spiro atoms. The van der Waals surface area contributed by atoms with Crippen molar-refractivity contribution in [2.24, 2.45) is 5.92 Å². The molecule has 2 aliphatic rings. The Morgan fingerprint density at radius 1 is 0.944 bits per heavy atom. The van der Waals surface area contributed by atoms with Crippen LogP contribution in [0.1, 0.15) is 61.5 Å². The van der Waals surface area contributed by atoms with Gasteiger partial charge in [0.1, 0.15) is 5.69 Å². The van der Waals surface area contributed by atoms with E-state index in [4.69, 9.17) is 0 Å². The standard InChI is InChI=1S/C30H38N4O2/c1-2-11-24-14-9-10-17-26(24)34-27(25-15-7-4-8-16-25)28(29(35)32-20-18-31-19-21-32)33(30(34)36)22-23-12-5-3-6-13-23/h4,7-10,14-17,23,31H,2-3,5-6,11-13,18-22H2,1H3. The summed E-state index contributed by atoms with van der Waals surface area (Å²) in [5, 5.41) is 3.34. The predicted octanol–water partition coefficient (Wildman–Crippen LogP) is 4.88. The van der Waals surface area contributed by atoms with Gasteiger partial charge in [0.05, 0.1) is 11.4 Å². The Bertz CT molecular complexity index is 1230. The van der Waals surface area contributed by atoms with E-state index in [1.165, 1.54) is 19.3 Å². The van der Waals surface area contributed by atoms with Crippen molar-refractivity contribution in [2.45, 2.75) is 58.4 Å². The second-order valence-corrected chi connectivity index (χ2v) is 10.2. The van der Waals surface area contributed by atoms with Crippen molar-refractivity contribution in [2.75, 3.05) is 26.2 Å². The monoisotopic (exact) mass is 486 g/mol. The number of hydrogen-bond donors (Lipinski definition) is 1. The molecule has 5 rings (SSSR count). The number of amides is 1. The molecule has 0 atom stereocenters. The van der Waals surface area contributed by atoms with Gasteiger partial charge in [-0.3, -0.25) is 13.9 Å². The Morgan fingerprint density at radius 2 is 1.64 bits per heavy atom. The lowest BCUT2D eigenvalue weighted by atomic mass is 9.89. The van der Waals surface area contributed by atoms with Crippen molar-refractivity contribution in [3.63, 3.8) is 0 Å². The van der Waals surface area contributed by atoms with Crippen LogP contribution in [0, 0.1) is 5.92 Å². The Morgan fingerprint density at radius 3 is 2.36 bits per heavy atom. The van der Waals surface area contributed by atoms with Crippen molar-refractivity contribution in [3.8, 4) is 16.9 Å². The van der Waals surface area contributed by atoms with Gasteiger partial charge in [0.25, 0.3) is 5.91 Å². The number of imidazole rings is 1. The molecule has 0 radical (unpaired) electrons. The maximum absolute atomic E-state index is 14.3. The van der Waals surface area contributed by atoms with Gasteiger partial charge in [-0.05, 0) is 36.8 Å². The van der Waals surface area contributed by atoms with Crippen LogP contribution in [0.5, 0.6) is 0 Å². The molecule has 0 bridgehead atoms. The maximum Gasteiger partial charge on any atom is 0.333 e. The van der Waals surface area contributed by atoms with E-state index in [0.29, 0.717) is 31.2 Å². The SMILES string of the molecule is CCCc1ccccc1-n1c(-c2ccccc2)c(C(=O)N2CCNCC2)n(CC2CCCCC2)c1=O. The van der Waals surface area contributed by atoms with Gasteiger partial charge in [-0.2, -0.15) is 0 Å². The number of para-hydroxylation sites is 1. The molecule has 1 aliphatic carbocycles. The molecule has 1 aliphatic heterocycles. The van der Waals surface area contributed by atoms with E-state index in [1.54, 1.807) is 0 Å². The Balaban J connectivity index is 1.76. The third-order valence-electron chi connectivity index (χ3n) is 7.71. The Hall–Kier alpha value is -3.12. The molecular formula is C30H38N4O2. The molecule has 36 heavy (non-hydrogen) atoms. The number of aryl methyl sites for hydroxylation is 1. The number of nitrogens with one attached hydrogen (secondary N) is 1. The zero-order valence-corrected chi connectivity index (χ0v) is 21.4. The highest BCUT2D eigenvalue weighted by Crippen LogP contribution is 2.31. The summed E-state index contributed by atoms with van der Waals surface area (Å²) in [5.41, 5.74) is 4.10. The smallest absolute Gasteiger partial charge is 0.333 e. The van der Waals surface area contributed by atoms with Gasteiger partial charge in [-0.1, -0.05) is 81.1 Å². The first-order valence-corrected chi connectivity index (χ1v) is 13.7. The molecule has 2 aromatic carbocycles. The predicted molar refractivity (Wildman–Crippen MR) is 145 cm³/mol. The lowest BCUT2D eigenvalue weighted by Gasteiger charge is -2.29. The van der Waals surface area contributed by atoms with E-state index in [2.05, 4.69) is 18.3 Å². The van der Waals surface area contributed by atoms with Crippen LogP contribution in [0.2, 0.25) is 0 Å². The fraction of sp³-hybridized carbons (Fsp3) is 0.467.